The van der Waals surface area contributed by atoms with Crippen molar-refractivity contribution in [3.05, 3.63) is 39.1 Å². The molecule has 4 rings (SSSR count). The predicted octanol–water partition coefficient (Wildman–Crippen LogP) is 1.49. The summed E-state index contributed by atoms with van der Waals surface area (Å²) in [5, 5.41) is 28.1. The Balaban J connectivity index is 1.62. The van der Waals surface area contributed by atoms with Crippen LogP contribution in [-0.2, 0) is 12.8 Å². The molecule has 1 amide bonds. The number of nitrogen functional groups attached to an aromatic ring is 1. The number of aryl methyl sites for hydroxylation is 3. The molecule has 0 fully saturated rings. The van der Waals surface area contributed by atoms with Crippen LogP contribution < -0.4 is 11.2 Å². The fourth-order valence-electron chi connectivity index (χ4n) is 2.89. The van der Waals surface area contributed by atoms with Gasteiger partial charge in [0, 0.05) is 28.1 Å². The van der Waals surface area contributed by atoms with Gasteiger partial charge >= 0.3 is 0 Å². The van der Waals surface area contributed by atoms with Crippen molar-refractivity contribution in [2.45, 2.75) is 31.7 Å². The molecule has 0 saturated carbocycles. The summed E-state index contributed by atoms with van der Waals surface area (Å²) in [5.41, 5.74) is 10.5. The number of thioether (sulfide) groups is 1. The second-order valence-electron chi connectivity index (χ2n) is 6.75. The lowest BCUT2D eigenvalue weighted by Crippen LogP contribution is -2.21. The Morgan fingerprint density at radius 1 is 1.34 bits per heavy atom. The first-order valence-corrected chi connectivity index (χ1v) is 11.1. The largest absolute Gasteiger partial charge is 0.378 e. The van der Waals surface area contributed by atoms with Crippen molar-refractivity contribution < 1.29 is 9.42 Å². The summed E-state index contributed by atoms with van der Waals surface area (Å²) in [6, 6.07) is 2.03. The maximum Gasteiger partial charge on any atom is 0.293 e. The molecule has 0 unspecified atom stereocenters. The maximum absolute atomic E-state index is 12.9. The average molecular weight is 474 g/mol. The molecule has 0 aliphatic rings. The van der Waals surface area contributed by atoms with Crippen LogP contribution in [0.1, 0.15) is 38.4 Å². The molecule has 0 aliphatic carbocycles. The van der Waals surface area contributed by atoms with Gasteiger partial charge in [-0.15, -0.1) is 26.6 Å². The van der Waals surface area contributed by atoms with Crippen LogP contribution in [0.25, 0.3) is 5.82 Å². The van der Waals surface area contributed by atoms with E-state index in [-0.39, 0.29) is 23.1 Å². The van der Waals surface area contributed by atoms with E-state index in [0.29, 0.717) is 16.6 Å². The number of nitrogens with zero attached hydrogens (tertiary/aromatic N) is 9. The first kappa shape index (κ1) is 21.6. The molecule has 13 nitrogen and oxygen atoms in total. The zero-order valence-electron chi connectivity index (χ0n) is 17.6. The highest BCUT2D eigenvalue weighted by atomic mass is 32.2. The molecule has 15 heteroatoms. The van der Waals surface area contributed by atoms with Crippen LogP contribution in [0.4, 0.5) is 5.82 Å². The van der Waals surface area contributed by atoms with Crippen LogP contribution in [0, 0.1) is 13.8 Å². The monoisotopic (exact) mass is 473 g/mol. The highest BCUT2D eigenvalue weighted by Gasteiger charge is 2.24. The standard InChI is InChI=1S/C17H19N11O2S2/c1-8-5-11(10(3)32-8)9(2)20-22-16(29)13-12(6-31-17-23-19-7-27(17)4)28(26-21-13)15-14(18)24-30-25-15/h5,7H,6H2,1-4H3,(H2,18,24)(H,22,29). The molecule has 0 aliphatic heterocycles. The number of aromatic nitrogens is 8. The Morgan fingerprint density at radius 3 is 2.78 bits per heavy atom. The predicted molar refractivity (Wildman–Crippen MR) is 118 cm³/mol. The lowest BCUT2D eigenvalue weighted by Gasteiger charge is -2.06. The highest BCUT2D eigenvalue weighted by Crippen LogP contribution is 2.25. The molecule has 0 radical (unpaired) electrons. The molecule has 32 heavy (non-hydrogen) atoms. The van der Waals surface area contributed by atoms with E-state index in [0.717, 1.165) is 10.4 Å². The molecule has 0 saturated heterocycles. The molecule has 4 heterocycles. The van der Waals surface area contributed by atoms with Crippen LogP contribution in [0.2, 0.25) is 0 Å². The summed E-state index contributed by atoms with van der Waals surface area (Å²) in [4.78, 5) is 15.2. The van der Waals surface area contributed by atoms with Crippen molar-refractivity contribution >= 4 is 40.5 Å². The number of hydrazone groups is 1. The molecule has 3 N–H and O–H groups in total. The number of rotatable bonds is 7. The molecule has 4 aromatic rings. The SMILES string of the molecule is CC(=NNC(=O)c1nnn(-c2nonc2N)c1CSc1nncn1C)c1cc(C)sc1C. The van der Waals surface area contributed by atoms with Gasteiger partial charge in [-0.3, -0.25) is 4.79 Å². The summed E-state index contributed by atoms with van der Waals surface area (Å²) in [5.74, 6) is -0.0953. The van der Waals surface area contributed by atoms with Gasteiger partial charge in [0.05, 0.1) is 11.4 Å². The van der Waals surface area contributed by atoms with Crippen LogP contribution in [-0.4, -0.2) is 51.7 Å². The number of thiophene rings is 1. The number of carbonyl (C=O) groups excluding carboxylic acids is 1. The van der Waals surface area contributed by atoms with E-state index in [1.165, 1.54) is 21.3 Å². The Hall–Kier alpha value is -3.59. The third-order valence-corrected chi connectivity index (χ3v) is 6.45. The number of anilines is 1. The Bertz CT molecular complexity index is 1300. The van der Waals surface area contributed by atoms with Crippen molar-refractivity contribution in [1.82, 2.24) is 45.5 Å². The summed E-state index contributed by atoms with van der Waals surface area (Å²) >= 11 is 3.01. The third kappa shape index (κ3) is 4.24. The van der Waals surface area contributed by atoms with Gasteiger partial charge in [-0.2, -0.15) is 9.78 Å². The lowest BCUT2D eigenvalue weighted by atomic mass is 10.2. The number of carbonyl (C=O) groups is 1. The molecule has 0 bridgehead atoms. The summed E-state index contributed by atoms with van der Waals surface area (Å²) in [6.45, 7) is 5.87. The average Bonchev–Trinajstić information content (AvgIpc) is 3.52. The molecule has 0 atom stereocenters. The van der Waals surface area contributed by atoms with Gasteiger partial charge in [0.25, 0.3) is 5.91 Å². The second kappa shape index (κ2) is 8.88. The van der Waals surface area contributed by atoms with Crippen molar-refractivity contribution in [1.29, 1.82) is 0 Å². The number of amides is 1. The number of nitrogens with one attached hydrogen (secondary N) is 1. The molecule has 166 valence electrons. The van der Waals surface area contributed by atoms with Crippen LogP contribution in [0.5, 0.6) is 0 Å². The number of hydrogen-bond acceptors (Lipinski definition) is 12. The van der Waals surface area contributed by atoms with Crippen LogP contribution in [0.15, 0.2) is 27.3 Å². The van der Waals surface area contributed by atoms with Gasteiger partial charge in [0.15, 0.2) is 10.9 Å². The zero-order valence-corrected chi connectivity index (χ0v) is 19.2. The molecule has 0 aromatic carbocycles. The minimum atomic E-state index is -0.524. The van der Waals surface area contributed by atoms with E-state index in [1.807, 2.05) is 33.9 Å². The number of hydrogen-bond donors (Lipinski definition) is 2. The molecule has 4 aromatic heterocycles. The Morgan fingerprint density at radius 2 is 2.16 bits per heavy atom. The third-order valence-electron chi connectivity index (χ3n) is 4.44. The normalized spacial score (nSPS) is 11.8. The fourth-order valence-corrected chi connectivity index (χ4v) is 4.75. The van der Waals surface area contributed by atoms with Gasteiger partial charge in [-0.05, 0) is 37.2 Å². The minimum absolute atomic E-state index is 0.0175. The van der Waals surface area contributed by atoms with Gasteiger partial charge in [-0.25, -0.2) is 10.1 Å². The fraction of sp³-hybridized carbons (Fsp3) is 0.294. The second-order valence-corrected chi connectivity index (χ2v) is 9.15. The van der Waals surface area contributed by atoms with Crippen LogP contribution in [0.3, 0.4) is 0 Å². The Kier molecular flexibility index (Phi) is 6.00. The van der Waals surface area contributed by atoms with E-state index in [9.17, 15) is 4.79 Å². The summed E-state index contributed by atoms with van der Waals surface area (Å²) < 4.78 is 7.73. The lowest BCUT2D eigenvalue weighted by molar-refractivity contribution is 0.0949. The van der Waals surface area contributed by atoms with E-state index in [1.54, 1.807) is 22.2 Å². The van der Waals surface area contributed by atoms with Crippen molar-refractivity contribution in [2.24, 2.45) is 12.1 Å². The smallest absolute Gasteiger partial charge is 0.293 e. The zero-order chi connectivity index (χ0) is 22.8. The van der Waals surface area contributed by atoms with Gasteiger partial charge in [-0.1, -0.05) is 17.0 Å². The molecular weight excluding hydrogens is 454 g/mol. The quantitative estimate of drug-likeness (QED) is 0.228. The van der Waals surface area contributed by atoms with Crippen LogP contribution >= 0.6 is 23.1 Å². The summed E-state index contributed by atoms with van der Waals surface area (Å²) in [6.07, 6.45) is 1.58. The van der Waals surface area contributed by atoms with Gasteiger partial charge in [0.1, 0.15) is 6.33 Å². The van der Waals surface area contributed by atoms with E-state index in [2.05, 4.69) is 46.0 Å². The highest BCUT2D eigenvalue weighted by molar-refractivity contribution is 7.98. The number of nitrogens with two attached hydrogens (primary N) is 1. The van der Waals surface area contributed by atoms with E-state index >= 15 is 0 Å². The van der Waals surface area contributed by atoms with E-state index in [4.69, 9.17) is 5.73 Å². The topological polar surface area (TPSA) is 168 Å². The first-order chi connectivity index (χ1) is 15.3. The van der Waals surface area contributed by atoms with Crippen molar-refractivity contribution in [3.8, 4) is 5.82 Å². The summed E-state index contributed by atoms with van der Waals surface area (Å²) in [7, 11) is 1.82. The van der Waals surface area contributed by atoms with Crippen molar-refractivity contribution in [2.75, 3.05) is 5.73 Å². The minimum Gasteiger partial charge on any atom is -0.378 e. The van der Waals surface area contributed by atoms with Gasteiger partial charge in [0.2, 0.25) is 11.6 Å². The molecule has 0 spiro atoms. The maximum atomic E-state index is 12.9. The molecular formula is C17H19N11O2S2. The van der Waals surface area contributed by atoms with E-state index < -0.39 is 5.91 Å². The Labute approximate surface area is 190 Å². The first-order valence-electron chi connectivity index (χ1n) is 9.27. The van der Waals surface area contributed by atoms with Crippen molar-refractivity contribution in [3.63, 3.8) is 0 Å². The van der Waals surface area contributed by atoms with Gasteiger partial charge < -0.3 is 10.3 Å².